The van der Waals surface area contributed by atoms with Crippen LogP contribution in [0.25, 0.3) is 39.6 Å². The average Bonchev–Trinajstić information content (AvgIpc) is 3.64. The van der Waals surface area contributed by atoms with E-state index in [9.17, 15) is 8.22 Å². The number of hydrogen-bond acceptors (Lipinski definition) is 1. The summed E-state index contributed by atoms with van der Waals surface area (Å²) >= 11 is 0. The van der Waals surface area contributed by atoms with E-state index in [1.807, 2.05) is 158 Å². The molecule has 0 bridgehead atoms. The Bertz CT molecular complexity index is 3000. The van der Waals surface area contributed by atoms with Crippen molar-refractivity contribution < 1.29 is 9.60 Å². The van der Waals surface area contributed by atoms with E-state index in [1.165, 1.54) is 0 Å². The molecule has 7 aromatic carbocycles. The van der Waals surface area contributed by atoms with E-state index < -0.39 is 5.41 Å². The molecule has 0 fully saturated rings. The van der Waals surface area contributed by atoms with Crippen LogP contribution in [0.2, 0.25) is 0 Å². The molecule has 0 heterocycles. The van der Waals surface area contributed by atoms with Crippen LogP contribution in [-0.2, 0) is 5.41 Å². The fourth-order valence-electron chi connectivity index (χ4n) is 7.62. The minimum atomic E-state index is -1.13. The lowest BCUT2D eigenvalue weighted by molar-refractivity contribution is 0.761. The van der Waals surface area contributed by atoms with Gasteiger partial charge in [0.25, 0.3) is 0 Å². The zero-order chi connectivity index (χ0) is 44.3. The van der Waals surface area contributed by atoms with E-state index >= 15 is 0 Å². The van der Waals surface area contributed by atoms with Crippen molar-refractivity contribution in [1.29, 1.82) is 0 Å². The first-order valence-corrected chi connectivity index (χ1v) is 18.5. The standard InChI is InChI=1S/C55H43N/c1-4-7-19-41-29-30-46(39-44(41)20-8-5-2)43-31-34-49(35-32-43)56(50-36-33-42-21-15-16-22-45(42)40-50)38-37-54-51(6-3)52-27-17-18-28-53(52)55(54,47-23-11-9-12-24-47)48-25-13-10-14-26-48/h4-40H,1-3H2/b19-7-,20-8-,38-37+/i3D,6D,31D,32D,34D,35D,37D/b6-3?,19-7-,20-8-,38-37+. The number of rotatable bonds is 12. The molecule has 56 heavy (non-hydrogen) atoms. The maximum atomic E-state index is 10.3. The van der Waals surface area contributed by atoms with E-state index in [1.54, 1.807) is 35.4 Å². The van der Waals surface area contributed by atoms with Gasteiger partial charge in [-0.05, 0) is 103 Å². The van der Waals surface area contributed by atoms with Gasteiger partial charge in [0.2, 0.25) is 0 Å². The van der Waals surface area contributed by atoms with Crippen LogP contribution in [0, 0.1) is 0 Å². The van der Waals surface area contributed by atoms with Crippen molar-refractivity contribution in [2.24, 2.45) is 0 Å². The second kappa shape index (κ2) is 16.0. The highest BCUT2D eigenvalue weighted by atomic mass is 15.1. The second-order valence-corrected chi connectivity index (χ2v) is 13.4. The summed E-state index contributed by atoms with van der Waals surface area (Å²) in [6.07, 6.45) is 12.3. The van der Waals surface area contributed by atoms with Gasteiger partial charge in [-0.1, -0.05) is 202 Å². The zero-order valence-electron chi connectivity index (χ0n) is 37.8. The first-order valence-electron chi connectivity index (χ1n) is 22.0. The van der Waals surface area contributed by atoms with Crippen LogP contribution in [0.1, 0.15) is 43.0 Å². The summed E-state index contributed by atoms with van der Waals surface area (Å²) < 4.78 is 66.3. The lowest BCUT2D eigenvalue weighted by atomic mass is 9.67. The van der Waals surface area contributed by atoms with Gasteiger partial charge in [-0.15, -0.1) is 0 Å². The number of hydrogen-bond donors (Lipinski definition) is 0. The molecule has 0 saturated carbocycles. The Morgan fingerprint density at radius 1 is 0.589 bits per heavy atom. The second-order valence-electron chi connectivity index (χ2n) is 13.4. The Morgan fingerprint density at radius 2 is 1.23 bits per heavy atom. The van der Waals surface area contributed by atoms with Crippen molar-refractivity contribution in [3.8, 4) is 11.1 Å². The zero-order valence-corrected chi connectivity index (χ0v) is 30.8. The molecule has 1 nitrogen and oxygen atoms in total. The summed E-state index contributed by atoms with van der Waals surface area (Å²) in [6.45, 7) is 8.58. The summed E-state index contributed by atoms with van der Waals surface area (Å²) in [5.41, 5.74) is 5.76. The van der Waals surface area contributed by atoms with Gasteiger partial charge in [-0.25, -0.2) is 0 Å². The van der Waals surface area contributed by atoms with Crippen molar-refractivity contribution >= 4 is 39.9 Å². The largest absolute Gasteiger partial charge is 0.317 e. The Hall–Kier alpha value is -7.22. The molecule has 7 aromatic rings. The van der Waals surface area contributed by atoms with Crippen molar-refractivity contribution in [3.63, 3.8) is 0 Å². The molecule has 0 spiro atoms. The van der Waals surface area contributed by atoms with E-state index in [0.29, 0.717) is 28.0 Å². The molecule has 0 aromatic heterocycles. The number of nitrogens with zero attached hydrogens (tertiary/aromatic N) is 1. The predicted octanol–water partition coefficient (Wildman–Crippen LogP) is 14.5. The molecular weight excluding hydrogens is 675 g/mol. The number of anilines is 2. The third kappa shape index (κ3) is 6.61. The van der Waals surface area contributed by atoms with Crippen molar-refractivity contribution in [2.75, 3.05) is 4.90 Å². The SMILES string of the molecule is [2H]C=C([2H])C1=C(/C([2H])=C/N(c2ccc3ccccc3c2)c2c([2H])c([2H])c(-c3ccc(/C=C\C=C)c(/C=C\C=C)c3)c([2H])c2[2H])C(c2ccccc2)(c2ccccc2)c2ccccc21. The third-order valence-corrected chi connectivity index (χ3v) is 10.2. The molecule has 268 valence electrons. The van der Waals surface area contributed by atoms with Crippen LogP contribution in [0.15, 0.2) is 238 Å². The first kappa shape index (κ1) is 28.3. The highest BCUT2D eigenvalue weighted by molar-refractivity contribution is 5.92. The first-order chi connectivity index (χ1) is 30.6. The molecule has 0 saturated heterocycles. The highest BCUT2D eigenvalue weighted by Crippen LogP contribution is 2.55. The molecule has 1 aliphatic carbocycles. The molecule has 0 N–H and O–H groups in total. The van der Waals surface area contributed by atoms with E-state index in [4.69, 9.17) is 1.37 Å². The lowest BCUT2D eigenvalue weighted by Gasteiger charge is -2.35. The van der Waals surface area contributed by atoms with Gasteiger partial charge in [0.1, 0.15) is 0 Å². The molecule has 0 aliphatic heterocycles. The summed E-state index contributed by atoms with van der Waals surface area (Å²) in [7, 11) is 0. The van der Waals surface area contributed by atoms with Gasteiger partial charge in [0.15, 0.2) is 0 Å². The Kier molecular flexibility index (Phi) is 8.08. The maximum Gasteiger partial charge on any atom is 0.0714 e. The fraction of sp³-hybridized carbons (Fsp3) is 0.0182. The smallest absolute Gasteiger partial charge is 0.0714 e. The highest BCUT2D eigenvalue weighted by Gasteiger charge is 2.46. The topological polar surface area (TPSA) is 3.24 Å². The van der Waals surface area contributed by atoms with E-state index in [0.717, 1.165) is 45.1 Å². The van der Waals surface area contributed by atoms with Crippen molar-refractivity contribution in [2.45, 2.75) is 5.41 Å². The van der Waals surface area contributed by atoms with Crippen LogP contribution in [-0.4, -0.2) is 0 Å². The monoisotopic (exact) mass is 724 g/mol. The summed E-state index contributed by atoms with van der Waals surface area (Å²) in [5, 5.41) is 1.83. The van der Waals surface area contributed by atoms with Crippen molar-refractivity contribution in [1.82, 2.24) is 0 Å². The van der Waals surface area contributed by atoms with Gasteiger partial charge in [0, 0.05) is 17.6 Å². The van der Waals surface area contributed by atoms with Crippen LogP contribution in [0.5, 0.6) is 0 Å². The number of allylic oxidation sites excluding steroid dienone is 8. The fourth-order valence-corrected chi connectivity index (χ4v) is 7.62. The summed E-state index contributed by atoms with van der Waals surface area (Å²) in [5.74, 6) is 0. The van der Waals surface area contributed by atoms with Gasteiger partial charge in [-0.2, -0.15) is 0 Å². The molecule has 1 heteroatoms. The number of fused-ring (bicyclic) bond motifs is 2. The normalized spacial score (nSPS) is 15.8. The van der Waals surface area contributed by atoms with Crippen LogP contribution in [0.3, 0.4) is 0 Å². The third-order valence-electron chi connectivity index (χ3n) is 10.2. The molecule has 0 atom stereocenters. The molecule has 0 unspecified atom stereocenters. The molecule has 8 rings (SSSR count). The quantitative estimate of drug-likeness (QED) is 0.113. The van der Waals surface area contributed by atoms with Gasteiger partial charge < -0.3 is 4.90 Å². The summed E-state index contributed by atoms with van der Waals surface area (Å²) in [4.78, 5) is 1.57. The van der Waals surface area contributed by atoms with Gasteiger partial charge in [-0.3, -0.25) is 0 Å². The lowest BCUT2D eigenvalue weighted by Crippen LogP contribution is -2.29. The molecule has 0 radical (unpaired) electrons. The molecule has 1 aliphatic rings. The predicted molar refractivity (Wildman–Crippen MR) is 242 cm³/mol. The van der Waals surface area contributed by atoms with Crippen LogP contribution in [0.4, 0.5) is 11.4 Å². The molecule has 0 amide bonds. The average molecular weight is 725 g/mol. The summed E-state index contributed by atoms with van der Waals surface area (Å²) in [6, 6.07) is 45.3. The Balaban J connectivity index is 1.43. The maximum absolute atomic E-state index is 10.3. The molecular formula is C55H43N. The Labute approximate surface area is 341 Å². The van der Waals surface area contributed by atoms with Gasteiger partial charge in [0.05, 0.1) is 15.0 Å². The Morgan fingerprint density at radius 3 is 1.93 bits per heavy atom. The van der Waals surface area contributed by atoms with Crippen LogP contribution >= 0.6 is 0 Å². The van der Waals surface area contributed by atoms with E-state index in [-0.39, 0.29) is 47.5 Å². The van der Waals surface area contributed by atoms with E-state index in [2.05, 4.69) is 13.2 Å². The van der Waals surface area contributed by atoms with Gasteiger partial charge >= 0.3 is 0 Å². The van der Waals surface area contributed by atoms with Crippen molar-refractivity contribution in [3.05, 3.63) is 271 Å². The number of benzene rings is 7. The minimum Gasteiger partial charge on any atom is -0.317 e. The minimum absolute atomic E-state index is 0.0450. The van der Waals surface area contributed by atoms with Crippen LogP contribution < -0.4 is 4.90 Å².